The molecule has 2 rings (SSSR count). The molecule has 0 radical (unpaired) electrons. The van der Waals surface area contributed by atoms with Crippen LogP contribution in [0.1, 0.15) is 10.4 Å². The van der Waals surface area contributed by atoms with Crippen molar-refractivity contribution in [1.29, 1.82) is 0 Å². The first kappa shape index (κ1) is 13.4. The molecule has 19 heavy (non-hydrogen) atoms. The van der Waals surface area contributed by atoms with Crippen molar-refractivity contribution in [2.24, 2.45) is 0 Å². The van der Waals surface area contributed by atoms with E-state index in [0.717, 1.165) is 0 Å². The van der Waals surface area contributed by atoms with Crippen LogP contribution >= 0.6 is 15.9 Å². The van der Waals surface area contributed by atoms with Crippen molar-refractivity contribution in [2.75, 3.05) is 5.73 Å². The van der Waals surface area contributed by atoms with Gasteiger partial charge in [0.15, 0.2) is 0 Å². The third-order valence-electron chi connectivity index (χ3n) is 2.33. The summed E-state index contributed by atoms with van der Waals surface area (Å²) in [5.41, 5.74) is 5.61. The van der Waals surface area contributed by atoms with E-state index in [1.807, 2.05) is 0 Å². The molecular formula is C13H9BrFNO3. The molecule has 0 aromatic heterocycles. The molecule has 0 bridgehead atoms. The lowest BCUT2D eigenvalue weighted by atomic mass is 10.2. The molecule has 98 valence electrons. The van der Waals surface area contributed by atoms with E-state index in [4.69, 9.17) is 15.6 Å². The third-order valence-corrected chi connectivity index (χ3v) is 2.78. The quantitative estimate of drug-likeness (QED) is 0.844. The topological polar surface area (TPSA) is 72.5 Å². The summed E-state index contributed by atoms with van der Waals surface area (Å²) < 4.78 is 19.1. The SMILES string of the molecule is Nc1ccc(Oc2cc(F)cc(Br)c2)cc1C(=O)O. The normalized spacial score (nSPS) is 10.2. The lowest BCUT2D eigenvalue weighted by molar-refractivity contribution is 0.0697. The summed E-state index contributed by atoms with van der Waals surface area (Å²) in [5.74, 6) is -1.08. The minimum Gasteiger partial charge on any atom is -0.478 e. The molecule has 0 amide bonds. The van der Waals surface area contributed by atoms with Crippen LogP contribution in [-0.4, -0.2) is 11.1 Å². The molecular weight excluding hydrogens is 317 g/mol. The molecule has 0 aliphatic rings. The van der Waals surface area contributed by atoms with Crippen molar-refractivity contribution in [3.05, 3.63) is 52.3 Å². The number of nitrogens with two attached hydrogens (primary N) is 1. The second-order valence-corrected chi connectivity index (χ2v) is 4.68. The van der Waals surface area contributed by atoms with Crippen molar-refractivity contribution in [2.45, 2.75) is 0 Å². The van der Waals surface area contributed by atoms with E-state index in [0.29, 0.717) is 4.47 Å². The number of carboxylic acid groups (broad SMARTS) is 1. The molecule has 0 aliphatic carbocycles. The summed E-state index contributed by atoms with van der Waals surface area (Å²) in [4.78, 5) is 10.9. The highest BCUT2D eigenvalue weighted by Crippen LogP contribution is 2.28. The van der Waals surface area contributed by atoms with Crippen molar-refractivity contribution in [3.8, 4) is 11.5 Å². The highest BCUT2D eigenvalue weighted by atomic mass is 79.9. The molecule has 0 unspecified atom stereocenters. The number of carbonyl (C=O) groups is 1. The van der Waals surface area contributed by atoms with Gasteiger partial charge in [-0.2, -0.15) is 0 Å². The zero-order chi connectivity index (χ0) is 14.0. The van der Waals surface area contributed by atoms with E-state index in [1.54, 1.807) is 6.07 Å². The van der Waals surface area contributed by atoms with Crippen molar-refractivity contribution >= 4 is 27.6 Å². The van der Waals surface area contributed by atoms with Gasteiger partial charge in [-0.25, -0.2) is 9.18 Å². The van der Waals surface area contributed by atoms with Gasteiger partial charge in [-0.1, -0.05) is 15.9 Å². The Labute approximate surface area is 116 Å². The summed E-state index contributed by atoms with van der Waals surface area (Å²) in [6, 6.07) is 8.28. The van der Waals surface area contributed by atoms with E-state index >= 15 is 0 Å². The van der Waals surface area contributed by atoms with E-state index in [9.17, 15) is 9.18 Å². The summed E-state index contributed by atoms with van der Waals surface area (Å²) in [6.45, 7) is 0. The Morgan fingerprint density at radius 2 is 1.95 bits per heavy atom. The highest BCUT2D eigenvalue weighted by molar-refractivity contribution is 9.10. The molecule has 6 heteroatoms. The molecule has 0 spiro atoms. The molecule has 4 nitrogen and oxygen atoms in total. The first-order valence-corrected chi connectivity index (χ1v) is 6.02. The fraction of sp³-hybridized carbons (Fsp3) is 0. The number of nitrogen functional groups attached to an aromatic ring is 1. The number of carboxylic acids is 1. The van der Waals surface area contributed by atoms with E-state index in [1.165, 1.54) is 30.3 Å². The molecule has 0 aliphatic heterocycles. The van der Waals surface area contributed by atoms with Gasteiger partial charge in [-0.05, 0) is 30.3 Å². The monoisotopic (exact) mass is 325 g/mol. The second-order valence-electron chi connectivity index (χ2n) is 3.76. The van der Waals surface area contributed by atoms with Crippen LogP contribution < -0.4 is 10.5 Å². The lowest BCUT2D eigenvalue weighted by Gasteiger charge is -2.08. The summed E-state index contributed by atoms with van der Waals surface area (Å²) >= 11 is 3.14. The molecule has 0 atom stereocenters. The van der Waals surface area contributed by atoms with E-state index in [2.05, 4.69) is 15.9 Å². The van der Waals surface area contributed by atoms with Gasteiger partial charge in [0.1, 0.15) is 17.3 Å². The fourth-order valence-corrected chi connectivity index (χ4v) is 1.95. The molecule has 2 aromatic carbocycles. The smallest absolute Gasteiger partial charge is 0.337 e. The maximum Gasteiger partial charge on any atom is 0.337 e. The Morgan fingerprint density at radius 3 is 2.58 bits per heavy atom. The van der Waals surface area contributed by atoms with Gasteiger partial charge in [0.05, 0.1) is 5.56 Å². The molecule has 0 fully saturated rings. The molecule has 3 N–H and O–H groups in total. The highest BCUT2D eigenvalue weighted by Gasteiger charge is 2.10. The largest absolute Gasteiger partial charge is 0.478 e. The predicted octanol–water partition coefficient (Wildman–Crippen LogP) is 3.66. The van der Waals surface area contributed by atoms with Crippen molar-refractivity contribution < 1.29 is 19.0 Å². The number of hydrogen-bond acceptors (Lipinski definition) is 3. The second kappa shape index (κ2) is 5.27. The third kappa shape index (κ3) is 3.23. The molecule has 2 aromatic rings. The average Bonchev–Trinajstić information content (AvgIpc) is 2.30. The van der Waals surface area contributed by atoms with Crippen molar-refractivity contribution in [3.63, 3.8) is 0 Å². The molecule has 0 heterocycles. The zero-order valence-corrected chi connectivity index (χ0v) is 11.1. The van der Waals surface area contributed by atoms with Gasteiger partial charge < -0.3 is 15.6 Å². The Bertz CT molecular complexity index is 626. The van der Waals surface area contributed by atoms with Crippen LogP contribution in [0.25, 0.3) is 0 Å². The number of halogens is 2. The van der Waals surface area contributed by atoms with Crippen LogP contribution in [0.3, 0.4) is 0 Å². The maximum absolute atomic E-state index is 13.2. The minimum absolute atomic E-state index is 0.0621. The minimum atomic E-state index is -1.15. The van der Waals surface area contributed by atoms with Crippen molar-refractivity contribution in [1.82, 2.24) is 0 Å². The lowest BCUT2D eigenvalue weighted by Crippen LogP contribution is -2.02. The van der Waals surface area contributed by atoms with Crippen LogP contribution in [0.5, 0.6) is 11.5 Å². The van der Waals surface area contributed by atoms with Crippen LogP contribution in [-0.2, 0) is 0 Å². The Balaban J connectivity index is 2.33. The van der Waals surface area contributed by atoms with E-state index in [-0.39, 0.29) is 22.7 Å². The molecule has 0 saturated heterocycles. The van der Waals surface area contributed by atoms with Gasteiger partial charge in [-0.3, -0.25) is 0 Å². The van der Waals surface area contributed by atoms with Gasteiger partial charge in [0.2, 0.25) is 0 Å². The number of ether oxygens (including phenoxy) is 1. The molecule has 0 saturated carbocycles. The number of aromatic carboxylic acids is 1. The first-order valence-electron chi connectivity index (χ1n) is 5.22. The Hall–Kier alpha value is -2.08. The number of benzene rings is 2. The van der Waals surface area contributed by atoms with Gasteiger partial charge in [0, 0.05) is 16.2 Å². The Morgan fingerprint density at radius 1 is 1.21 bits per heavy atom. The van der Waals surface area contributed by atoms with Gasteiger partial charge in [-0.15, -0.1) is 0 Å². The number of rotatable bonds is 3. The zero-order valence-electron chi connectivity index (χ0n) is 9.56. The number of anilines is 1. The maximum atomic E-state index is 13.2. The summed E-state index contributed by atoms with van der Waals surface area (Å²) in [6.07, 6.45) is 0. The first-order chi connectivity index (χ1) is 8.95. The van der Waals surface area contributed by atoms with Crippen LogP contribution in [0.2, 0.25) is 0 Å². The van der Waals surface area contributed by atoms with Gasteiger partial charge in [0.25, 0.3) is 0 Å². The van der Waals surface area contributed by atoms with E-state index < -0.39 is 11.8 Å². The predicted molar refractivity (Wildman–Crippen MR) is 72.0 cm³/mol. The van der Waals surface area contributed by atoms with Gasteiger partial charge >= 0.3 is 5.97 Å². The number of hydrogen-bond donors (Lipinski definition) is 2. The standard InChI is InChI=1S/C13H9BrFNO3/c14-7-3-8(15)5-10(4-7)19-9-1-2-12(16)11(6-9)13(17)18/h1-6H,16H2,(H,17,18). The fourth-order valence-electron chi connectivity index (χ4n) is 1.51. The summed E-state index contributed by atoms with van der Waals surface area (Å²) in [7, 11) is 0. The average molecular weight is 326 g/mol. The summed E-state index contributed by atoms with van der Waals surface area (Å²) in [5, 5.41) is 8.94. The van der Waals surface area contributed by atoms with Crippen LogP contribution in [0.4, 0.5) is 10.1 Å². The van der Waals surface area contributed by atoms with Crippen LogP contribution in [0, 0.1) is 5.82 Å². The Kier molecular flexibility index (Phi) is 3.71. The van der Waals surface area contributed by atoms with Crippen LogP contribution in [0.15, 0.2) is 40.9 Å².